The van der Waals surface area contributed by atoms with E-state index in [4.69, 9.17) is 4.74 Å². The van der Waals surface area contributed by atoms with Crippen LogP contribution in [0.1, 0.15) is 33.5 Å². The van der Waals surface area contributed by atoms with Gasteiger partial charge in [-0.1, -0.05) is 20.8 Å². The molecule has 0 aliphatic carbocycles. The van der Waals surface area contributed by atoms with Crippen molar-refractivity contribution in [3.63, 3.8) is 0 Å². The molecular weight excluding hydrogens is 240 g/mol. The molecule has 0 unspecified atom stereocenters. The van der Waals surface area contributed by atoms with Crippen LogP contribution in [-0.2, 0) is 5.41 Å². The molecule has 4 nitrogen and oxygen atoms in total. The van der Waals surface area contributed by atoms with E-state index >= 15 is 0 Å². The van der Waals surface area contributed by atoms with Crippen molar-refractivity contribution < 1.29 is 13.5 Å². The molecule has 0 fully saturated rings. The Bertz CT molecular complexity index is 391. The minimum Gasteiger partial charge on any atom is -0.471 e. The molecule has 0 saturated carbocycles. The zero-order chi connectivity index (χ0) is 13.8. The Kier molecular flexibility index (Phi) is 4.81. The number of aromatic nitrogens is 2. The molecule has 0 radical (unpaired) electrons. The highest BCUT2D eigenvalue weighted by Crippen LogP contribution is 2.23. The number of halogens is 2. The largest absolute Gasteiger partial charge is 0.471 e. The topological polar surface area (TPSA) is 47.0 Å². The molecule has 1 aromatic heterocycles. The van der Waals surface area contributed by atoms with Crippen LogP contribution in [-0.4, -0.2) is 29.5 Å². The van der Waals surface area contributed by atoms with Gasteiger partial charge in [0.1, 0.15) is 11.6 Å². The van der Waals surface area contributed by atoms with Gasteiger partial charge in [-0.2, -0.15) is 4.98 Å². The number of nitrogens with one attached hydrogen (secondary N) is 1. The molecule has 0 bridgehead atoms. The van der Waals surface area contributed by atoms with Crippen molar-refractivity contribution in [3.8, 4) is 5.88 Å². The van der Waals surface area contributed by atoms with Gasteiger partial charge in [0.05, 0.1) is 0 Å². The minimum absolute atomic E-state index is 0.172. The van der Waals surface area contributed by atoms with E-state index in [1.165, 1.54) is 6.07 Å². The van der Waals surface area contributed by atoms with Gasteiger partial charge in [-0.3, -0.25) is 0 Å². The fourth-order valence-electron chi connectivity index (χ4n) is 1.25. The third-order valence-electron chi connectivity index (χ3n) is 2.09. The number of rotatable bonds is 5. The third kappa shape index (κ3) is 4.43. The van der Waals surface area contributed by atoms with Crippen LogP contribution < -0.4 is 10.1 Å². The standard InChI is InChI=1S/C12H19F2N3O/c1-5-15-9-6-10(18-7-8(13)14)17-11(16-9)12(2,3)4/h6,8H,5,7H2,1-4H3,(H,15,16,17). The Hall–Kier alpha value is -1.46. The lowest BCUT2D eigenvalue weighted by Crippen LogP contribution is -2.18. The molecule has 18 heavy (non-hydrogen) atoms. The maximum atomic E-state index is 12.1. The summed E-state index contributed by atoms with van der Waals surface area (Å²) in [5.41, 5.74) is -0.269. The van der Waals surface area contributed by atoms with Crippen LogP contribution in [0, 0.1) is 0 Å². The first-order valence-electron chi connectivity index (χ1n) is 5.87. The normalized spacial score (nSPS) is 11.7. The molecular formula is C12H19F2N3O. The van der Waals surface area contributed by atoms with Crippen molar-refractivity contribution in [2.75, 3.05) is 18.5 Å². The van der Waals surface area contributed by atoms with Gasteiger partial charge in [0.25, 0.3) is 6.43 Å². The summed E-state index contributed by atoms with van der Waals surface area (Å²) in [6.45, 7) is 7.82. The van der Waals surface area contributed by atoms with E-state index in [2.05, 4.69) is 15.3 Å². The van der Waals surface area contributed by atoms with Gasteiger partial charge in [0.15, 0.2) is 6.61 Å². The van der Waals surface area contributed by atoms with Crippen molar-refractivity contribution >= 4 is 5.82 Å². The summed E-state index contributed by atoms with van der Waals surface area (Å²) in [6, 6.07) is 1.53. The molecule has 0 amide bonds. The Balaban J connectivity index is 2.98. The lowest BCUT2D eigenvalue weighted by Gasteiger charge is -2.18. The van der Waals surface area contributed by atoms with Gasteiger partial charge in [-0.05, 0) is 6.92 Å². The third-order valence-corrected chi connectivity index (χ3v) is 2.09. The lowest BCUT2D eigenvalue weighted by atomic mass is 9.96. The van der Waals surface area contributed by atoms with Crippen LogP contribution in [0.3, 0.4) is 0 Å². The van der Waals surface area contributed by atoms with E-state index in [0.29, 0.717) is 18.2 Å². The second kappa shape index (κ2) is 5.93. The molecule has 1 rings (SSSR count). The quantitative estimate of drug-likeness (QED) is 0.883. The average Bonchev–Trinajstić information content (AvgIpc) is 2.25. The van der Waals surface area contributed by atoms with Gasteiger partial charge in [-0.25, -0.2) is 13.8 Å². The number of ether oxygens (including phenoxy) is 1. The van der Waals surface area contributed by atoms with Gasteiger partial charge < -0.3 is 10.1 Å². The lowest BCUT2D eigenvalue weighted by molar-refractivity contribution is 0.0793. The van der Waals surface area contributed by atoms with E-state index in [1.807, 2.05) is 27.7 Å². The summed E-state index contributed by atoms with van der Waals surface area (Å²) in [6.07, 6.45) is -2.51. The number of hydrogen-bond donors (Lipinski definition) is 1. The molecule has 102 valence electrons. The second-order valence-corrected chi connectivity index (χ2v) is 4.90. The van der Waals surface area contributed by atoms with Crippen molar-refractivity contribution in [1.82, 2.24) is 9.97 Å². The molecule has 0 aliphatic rings. The summed E-state index contributed by atoms with van der Waals surface area (Å²) in [5.74, 6) is 1.32. The Morgan fingerprint density at radius 1 is 1.33 bits per heavy atom. The number of alkyl halides is 2. The highest BCUT2D eigenvalue weighted by Gasteiger charge is 2.19. The zero-order valence-electron chi connectivity index (χ0n) is 11.1. The molecule has 0 aliphatic heterocycles. The van der Waals surface area contributed by atoms with Crippen molar-refractivity contribution in [2.24, 2.45) is 0 Å². The predicted octanol–water partition coefficient (Wildman–Crippen LogP) is 2.85. The van der Waals surface area contributed by atoms with E-state index in [9.17, 15) is 8.78 Å². The van der Waals surface area contributed by atoms with Crippen LogP contribution in [0.15, 0.2) is 6.07 Å². The maximum Gasteiger partial charge on any atom is 0.272 e. The molecule has 1 N–H and O–H groups in total. The molecule has 1 aromatic rings. The van der Waals surface area contributed by atoms with Gasteiger partial charge in [0.2, 0.25) is 5.88 Å². The summed E-state index contributed by atoms with van der Waals surface area (Å²) in [7, 11) is 0. The van der Waals surface area contributed by atoms with Gasteiger partial charge >= 0.3 is 0 Å². The Labute approximate surface area is 106 Å². The number of hydrogen-bond acceptors (Lipinski definition) is 4. The highest BCUT2D eigenvalue weighted by atomic mass is 19.3. The molecule has 6 heteroatoms. The summed E-state index contributed by atoms with van der Waals surface area (Å²) >= 11 is 0. The SMILES string of the molecule is CCNc1cc(OCC(F)F)nc(C(C)(C)C)n1. The average molecular weight is 259 g/mol. The molecule has 0 saturated heterocycles. The summed E-state index contributed by atoms with van der Waals surface area (Å²) in [4.78, 5) is 8.48. The molecule has 1 heterocycles. The van der Waals surface area contributed by atoms with Crippen LogP contribution in [0.25, 0.3) is 0 Å². The van der Waals surface area contributed by atoms with Crippen molar-refractivity contribution in [3.05, 3.63) is 11.9 Å². The van der Waals surface area contributed by atoms with Crippen LogP contribution >= 0.6 is 0 Å². The Morgan fingerprint density at radius 3 is 2.50 bits per heavy atom. The van der Waals surface area contributed by atoms with E-state index in [1.54, 1.807) is 0 Å². The highest BCUT2D eigenvalue weighted by molar-refractivity contribution is 5.39. The molecule has 0 spiro atoms. The predicted molar refractivity (Wildman–Crippen MR) is 66.4 cm³/mol. The van der Waals surface area contributed by atoms with Gasteiger partial charge in [0, 0.05) is 18.0 Å². The maximum absolute atomic E-state index is 12.1. The first kappa shape index (κ1) is 14.6. The molecule has 0 aromatic carbocycles. The van der Waals surface area contributed by atoms with E-state index in [-0.39, 0.29) is 11.3 Å². The summed E-state index contributed by atoms with van der Waals surface area (Å²) in [5, 5.41) is 3.03. The van der Waals surface area contributed by atoms with Crippen LogP contribution in [0.5, 0.6) is 5.88 Å². The van der Waals surface area contributed by atoms with Gasteiger partial charge in [-0.15, -0.1) is 0 Å². The Morgan fingerprint density at radius 2 is 2.00 bits per heavy atom. The number of anilines is 1. The summed E-state index contributed by atoms with van der Waals surface area (Å²) < 4.78 is 29.2. The van der Waals surface area contributed by atoms with Crippen LogP contribution in [0.4, 0.5) is 14.6 Å². The van der Waals surface area contributed by atoms with Crippen LogP contribution in [0.2, 0.25) is 0 Å². The van der Waals surface area contributed by atoms with Crippen molar-refractivity contribution in [1.29, 1.82) is 0 Å². The minimum atomic E-state index is -2.51. The smallest absolute Gasteiger partial charge is 0.272 e. The first-order chi connectivity index (χ1) is 8.32. The number of nitrogens with zero attached hydrogens (tertiary/aromatic N) is 2. The fourth-order valence-corrected chi connectivity index (χ4v) is 1.25. The van der Waals surface area contributed by atoms with E-state index < -0.39 is 13.0 Å². The molecule has 0 atom stereocenters. The first-order valence-corrected chi connectivity index (χ1v) is 5.87. The van der Waals surface area contributed by atoms with E-state index in [0.717, 1.165) is 0 Å². The second-order valence-electron chi connectivity index (χ2n) is 4.90. The fraction of sp³-hybridized carbons (Fsp3) is 0.667. The zero-order valence-corrected chi connectivity index (χ0v) is 11.1. The monoisotopic (exact) mass is 259 g/mol. The van der Waals surface area contributed by atoms with Crippen molar-refractivity contribution in [2.45, 2.75) is 39.5 Å².